The monoisotopic (exact) mass is 781 g/mol. The van der Waals surface area contributed by atoms with Gasteiger partial charge < -0.3 is 9.64 Å². The van der Waals surface area contributed by atoms with Crippen LogP contribution in [0.25, 0.3) is 44.2 Å². The van der Waals surface area contributed by atoms with Gasteiger partial charge in [-0.2, -0.15) is 0 Å². The van der Waals surface area contributed by atoms with Gasteiger partial charge in [-0.05, 0) is 126 Å². The standard InChI is InChI=1S/C59H43NO/c1-57(2)47-20-10-7-17-41(47)44-29-26-38(34-52(44)57)60(39-27-30-45-42-18-8-11-21-48(42)58(3,4)53(45)35-39)37-28-31-50-46(33-37)43-19-9-12-22-49(43)59(50)51-23-13-14-24-54(51)61-55-32-25-36-15-5-6-16-40(36)56(55)59/h5-35H,1-4H3. The lowest BCUT2D eigenvalue weighted by molar-refractivity contribution is 0.438. The van der Waals surface area contributed by atoms with Gasteiger partial charge in [0.15, 0.2) is 0 Å². The Bertz CT molecular complexity index is 3260. The molecule has 13 rings (SSSR count). The highest BCUT2D eigenvalue weighted by Crippen LogP contribution is 2.64. The predicted octanol–water partition coefficient (Wildman–Crippen LogP) is 15.4. The van der Waals surface area contributed by atoms with Crippen molar-refractivity contribution < 1.29 is 4.74 Å². The second kappa shape index (κ2) is 12.0. The van der Waals surface area contributed by atoms with Crippen LogP contribution in [-0.2, 0) is 16.2 Å². The lowest BCUT2D eigenvalue weighted by Gasteiger charge is -2.40. The smallest absolute Gasteiger partial charge is 0.132 e. The van der Waals surface area contributed by atoms with Crippen molar-refractivity contribution in [1.82, 2.24) is 0 Å². The highest BCUT2D eigenvalue weighted by atomic mass is 16.5. The molecule has 3 aliphatic carbocycles. The average Bonchev–Trinajstić information content (AvgIpc) is 3.81. The molecule has 2 nitrogen and oxygen atoms in total. The number of hydrogen-bond donors (Lipinski definition) is 0. The van der Waals surface area contributed by atoms with E-state index in [2.05, 4.69) is 221 Å². The van der Waals surface area contributed by atoms with E-state index in [1.165, 1.54) is 88.7 Å². The molecule has 0 saturated carbocycles. The molecular weight excluding hydrogens is 739 g/mol. The van der Waals surface area contributed by atoms with Crippen LogP contribution in [-0.4, -0.2) is 0 Å². The maximum atomic E-state index is 6.83. The quantitative estimate of drug-likeness (QED) is 0.177. The fourth-order valence-corrected chi connectivity index (χ4v) is 11.9. The first-order valence-corrected chi connectivity index (χ1v) is 21.6. The van der Waals surface area contributed by atoms with Crippen LogP contribution in [0.2, 0.25) is 0 Å². The van der Waals surface area contributed by atoms with Crippen molar-refractivity contribution in [3.63, 3.8) is 0 Å². The summed E-state index contributed by atoms with van der Waals surface area (Å²) < 4.78 is 6.83. The summed E-state index contributed by atoms with van der Waals surface area (Å²) in [6, 6.07) is 70.3. The number of hydrogen-bond acceptors (Lipinski definition) is 2. The summed E-state index contributed by atoms with van der Waals surface area (Å²) >= 11 is 0. The van der Waals surface area contributed by atoms with Gasteiger partial charge in [0.2, 0.25) is 0 Å². The molecule has 1 spiro atoms. The number of rotatable bonds is 3. The number of para-hydroxylation sites is 1. The molecule has 0 amide bonds. The van der Waals surface area contributed by atoms with Crippen molar-refractivity contribution in [2.45, 2.75) is 43.9 Å². The van der Waals surface area contributed by atoms with Crippen LogP contribution in [0.1, 0.15) is 72.2 Å². The molecule has 4 aliphatic rings. The van der Waals surface area contributed by atoms with E-state index < -0.39 is 5.41 Å². The first-order valence-electron chi connectivity index (χ1n) is 21.6. The molecule has 0 bridgehead atoms. The van der Waals surface area contributed by atoms with E-state index in [9.17, 15) is 0 Å². The fourth-order valence-electron chi connectivity index (χ4n) is 11.9. The van der Waals surface area contributed by atoms with Gasteiger partial charge in [0.1, 0.15) is 11.5 Å². The maximum Gasteiger partial charge on any atom is 0.132 e. The minimum absolute atomic E-state index is 0.134. The third-order valence-corrected chi connectivity index (χ3v) is 14.7. The lowest BCUT2D eigenvalue weighted by Crippen LogP contribution is -2.32. The largest absolute Gasteiger partial charge is 0.457 e. The van der Waals surface area contributed by atoms with Gasteiger partial charge in [-0.3, -0.25) is 0 Å². The zero-order chi connectivity index (χ0) is 40.8. The average molecular weight is 782 g/mol. The third kappa shape index (κ3) is 4.42. The van der Waals surface area contributed by atoms with Crippen molar-refractivity contribution in [3.05, 3.63) is 233 Å². The van der Waals surface area contributed by atoms with Crippen molar-refractivity contribution >= 4 is 27.8 Å². The molecule has 0 radical (unpaired) electrons. The molecule has 9 aromatic rings. The number of anilines is 3. The Balaban J connectivity index is 1.07. The molecule has 1 atom stereocenters. The Morgan fingerprint density at radius 3 is 1.48 bits per heavy atom. The summed E-state index contributed by atoms with van der Waals surface area (Å²) in [7, 11) is 0. The van der Waals surface area contributed by atoms with Gasteiger partial charge in [-0.25, -0.2) is 0 Å². The molecule has 61 heavy (non-hydrogen) atoms. The predicted molar refractivity (Wildman–Crippen MR) is 251 cm³/mol. The number of ether oxygens (including phenoxy) is 1. The second-order valence-corrected chi connectivity index (χ2v) is 18.4. The lowest BCUT2D eigenvalue weighted by atomic mass is 9.65. The van der Waals surface area contributed by atoms with Crippen LogP contribution >= 0.6 is 0 Å². The SMILES string of the molecule is CC1(C)c2ccccc2-c2ccc(N(c3ccc4c(c3)-c3ccccc3C43c4ccccc4Oc4ccc5ccccc5c43)c3ccc4c(c3)C(C)(C)c3ccccc3-4)cc21. The van der Waals surface area contributed by atoms with Crippen LogP contribution in [0.15, 0.2) is 188 Å². The molecule has 1 unspecified atom stereocenters. The summed E-state index contributed by atoms with van der Waals surface area (Å²) in [5.74, 6) is 1.82. The Morgan fingerprint density at radius 2 is 0.820 bits per heavy atom. The summed E-state index contributed by atoms with van der Waals surface area (Å²) in [6.45, 7) is 9.50. The van der Waals surface area contributed by atoms with E-state index in [1.54, 1.807) is 0 Å². The van der Waals surface area contributed by atoms with Gasteiger partial charge in [0, 0.05) is 39.0 Å². The van der Waals surface area contributed by atoms with Crippen LogP contribution in [0.4, 0.5) is 17.1 Å². The van der Waals surface area contributed by atoms with E-state index >= 15 is 0 Å². The van der Waals surface area contributed by atoms with Crippen LogP contribution in [0.3, 0.4) is 0 Å². The molecule has 9 aromatic carbocycles. The van der Waals surface area contributed by atoms with Crippen molar-refractivity contribution in [2.75, 3.05) is 4.90 Å². The Morgan fingerprint density at radius 1 is 0.344 bits per heavy atom. The minimum atomic E-state index is -0.576. The summed E-state index contributed by atoms with van der Waals surface area (Å²) in [4.78, 5) is 2.51. The normalized spacial score (nSPS) is 17.3. The molecule has 0 saturated heterocycles. The molecule has 0 aromatic heterocycles. The summed E-state index contributed by atoms with van der Waals surface area (Å²) in [6.07, 6.45) is 0. The Labute approximate surface area is 357 Å². The highest BCUT2D eigenvalue weighted by Gasteiger charge is 2.52. The zero-order valence-electron chi connectivity index (χ0n) is 34.8. The van der Waals surface area contributed by atoms with Gasteiger partial charge in [-0.1, -0.05) is 167 Å². The molecule has 2 heteroatoms. The first kappa shape index (κ1) is 34.7. The Kier molecular flexibility index (Phi) is 6.81. The fraction of sp³-hybridized carbons (Fsp3) is 0.119. The molecular formula is C59H43NO. The summed E-state index contributed by atoms with van der Waals surface area (Å²) in [5, 5.41) is 2.42. The van der Waals surface area contributed by atoms with Gasteiger partial charge in [0.25, 0.3) is 0 Å². The van der Waals surface area contributed by atoms with Crippen LogP contribution in [0, 0.1) is 0 Å². The van der Waals surface area contributed by atoms with Crippen molar-refractivity contribution in [1.29, 1.82) is 0 Å². The van der Waals surface area contributed by atoms with Gasteiger partial charge in [-0.15, -0.1) is 0 Å². The zero-order valence-corrected chi connectivity index (χ0v) is 34.8. The van der Waals surface area contributed by atoms with Crippen LogP contribution in [0.5, 0.6) is 11.5 Å². The minimum Gasteiger partial charge on any atom is -0.457 e. The number of nitrogens with zero attached hydrogens (tertiary/aromatic N) is 1. The van der Waals surface area contributed by atoms with Crippen molar-refractivity contribution in [2.24, 2.45) is 0 Å². The van der Waals surface area contributed by atoms with E-state index in [-0.39, 0.29) is 10.8 Å². The molecule has 1 heterocycles. The van der Waals surface area contributed by atoms with Crippen LogP contribution < -0.4 is 9.64 Å². The first-order chi connectivity index (χ1) is 29.8. The van der Waals surface area contributed by atoms with E-state index in [0.29, 0.717) is 0 Å². The van der Waals surface area contributed by atoms with E-state index in [1.807, 2.05) is 0 Å². The topological polar surface area (TPSA) is 12.5 Å². The van der Waals surface area contributed by atoms with E-state index in [0.717, 1.165) is 28.6 Å². The van der Waals surface area contributed by atoms with Gasteiger partial charge >= 0.3 is 0 Å². The highest BCUT2D eigenvalue weighted by molar-refractivity contribution is 5.99. The molecule has 290 valence electrons. The molecule has 1 aliphatic heterocycles. The number of fused-ring (bicyclic) bond motifs is 17. The number of benzene rings is 9. The van der Waals surface area contributed by atoms with E-state index in [4.69, 9.17) is 4.74 Å². The van der Waals surface area contributed by atoms with Gasteiger partial charge in [0.05, 0.1) is 5.41 Å². The molecule has 0 fully saturated rings. The maximum absolute atomic E-state index is 6.83. The van der Waals surface area contributed by atoms with Crippen molar-refractivity contribution in [3.8, 4) is 44.9 Å². The summed E-state index contributed by atoms with van der Waals surface area (Å²) in [5.41, 5.74) is 20.9. The Hall–Kier alpha value is -7.16. The second-order valence-electron chi connectivity index (χ2n) is 18.4. The molecule has 0 N–H and O–H groups in total. The third-order valence-electron chi connectivity index (χ3n) is 14.7.